The minimum atomic E-state index is -0.697. The molecular formula is C9H10BrClFN. The first-order valence-electron chi connectivity index (χ1n) is 3.76. The second kappa shape index (κ2) is 3.56. The standard InChI is InChI=1S/C9H10BrClFN/c1-9(2,13)5-3-6(10)7(11)4-8(5)12/h3-4H,13H2,1-2H3. The lowest BCUT2D eigenvalue weighted by molar-refractivity contribution is 0.501. The molecule has 0 saturated carbocycles. The van der Waals surface area contributed by atoms with Gasteiger partial charge in [-0.05, 0) is 41.9 Å². The van der Waals surface area contributed by atoms with E-state index in [1.54, 1.807) is 19.9 Å². The fraction of sp³-hybridized carbons (Fsp3) is 0.333. The summed E-state index contributed by atoms with van der Waals surface area (Å²) < 4.78 is 14.0. The van der Waals surface area contributed by atoms with Crippen LogP contribution in [0.15, 0.2) is 16.6 Å². The minimum absolute atomic E-state index is 0.352. The van der Waals surface area contributed by atoms with Crippen LogP contribution < -0.4 is 5.73 Å². The van der Waals surface area contributed by atoms with Crippen LogP contribution in [-0.2, 0) is 5.54 Å². The summed E-state index contributed by atoms with van der Waals surface area (Å²) in [6.07, 6.45) is 0. The molecule has 0 spiro atoms. The predicted octanol–water partition coefficient (Wildman–Crippen LogP) is 3.44. The van der Waals surface area contributed by atoms with Crippen molar-refractivity contribution in [3.05, 3.63) is 33.0 Å². The molecule has 0 aliphatic heterocycles. The highest BCUT2D eigenvalue weighted by Crippen LogP contribution is 2.29. The third kappa shape index (κ3) is 2.42. The van der Waals surface area contributed by atoms with Crippen LogP contribution in [0.3, 0.4) is 0 Å². The van der Waals surface area contributed by atoms with Crippen molar-refractivity contribution in [3.8, 4) is 0 Å². The zero-order chi connectivity index (χ0) is 10.2. The molecule has 0 aromatic heterocycles. The molecule has 1 nitrogen and oxygen atoms in total. The first-order valence-corrected chi connectivity index (χ1v) is 4.93. The number of benzene rings is 1. The first kappa shape index (κ1) is 11.0. The van der Waals surface area contributed by atoms with Gasteiger partial charge < -0.3 is 5.73 Å². The molecular weight excluding hydrogens is 256 g/mol. The molecule has 0 unspecified atom stereocenters. The van der Waals surface area contributed by atoms with Crippen molar-refractivity contribution in [2.24, 2.45) is 5.73 Å². The molecule has 1 aromatic rings. The highest BCUT2D eigenvalue weighted by atomic mass is 79.9. The van der Waals surface area contributed by atoms with Gasteiger partial charge in [0.05, 0.1) is 5.02 Å². The highest BCUT2D eigenvalue weighted by Gasteiger charge is 2.20. The summed E-state index contributed by atoms with van der Waals surface area (Å²) in [5, 5.41) is 0.352. The fourth-order valence-electron chi connectivity index (χ4n) is 1.02. The SMILES string of the molecule is CC(C)(N)c1cc(Br)c(Cl)cc1F. The monoisotopic (exact) mass is 265 g/mol. The zero-order valence-electron chi connectivity index (χ0n) is 7.37. The Kier molecular flexibility index (Phi) is 3.00. The quantitative estimate of drug-likeness (QED) is 0.774. The average Bonchev–Trinajstić information content (AvgIpc) is 1.94. The topological polar surface area (TPSA) is 26.0 Å². The molecule has 0 bridgehead atoms. The minimum Gasteiger partial charge on any atom is -0.322 e. The molecule has 1 aromatic carbocycles. The van der Waals surface area contributed by atoms with Crippen LogP contribution in [0.4, 0.5) is 4.39 Å². The van der Waals surface area contributed by atoms with Gasteiger partial charge in [0, 0.05) is 15.6 Å². The van der Waals surface area contributed by atoms with Crippen molar-refractivity contribution in [2.75, 3.05) is 0 Å². The Morgan fingerprint density at radius 2 is 2.00 bits per heavy atom. The number of halogens is 3. The lowest BCUT2D eigenvalue weighted by Gasteiger charge is -2.20. The van der Waals surface area contributed by atoms with Crippen LogP contribution in [0.1, 0.15) is 19.4 Å². The maximum atomic E-state index is 13.3. The molecule has 72 valence electrons. The van der Waals surface area contributed by atoms with Gasteiger partial charge in [0.25, 0.3) is 0 Å². The van der Waals surface area contributed by atoms with Crippen molar-refractivity contribution in [2.45, 2.75) is 19.4 Å². The molecule has 0 aliphatic rings. The highest BCUT2D eigenvalue weighted by molar-refractivity contribution is 9.10. The van der Waals surface area contributed by atoms with E-state index in [4.69, 9.17) is 17.3 Å². The van der Waals surface area contributed by atoms with Gasteiger partial charge in [0.1, 0.15) is 5.82 Å². The molecule has 2 N–H and O–H groups in total. The van der Waals surface area contributed by atoms with Crippen LogP contribution >= 0.6 is 27.5 Å². The Bertz CT molecular complexity index is 333. The third-order valence-electron chi connectivity index (χ3n) is 1.70. The fourth-order valence-corrected chi connectivity index (χ4v) is 1.51. The predicted molar refractivity (Wildman–Crippen MR) is 56.3 cm³/mol. The number of hydrogen-bond donors (Lipinski definition) is 1. The molecule has 0 radical (unpaired) electrons. The van der Waals surface area contributed by atoms with E-state index in [-0.39, 0.29) is 5.82 Å². The van der Waals surface area contributed by atoms with Gasteiger partial charge >= 0.3 is 0 Å². The van der Waals surface area contributed by atoms with E-state index in [0.29, 0.717) is 15.1 Å². The second-order valence-corrected chi connectivity index (χ2v) is 4.73. The van der Waals surface area contributed by atoms with Gasteiger partial charge in [0.2, 0.25) is 0 Å². The van der Waals surface area contributed by atoms with E-state index in [2.05, 4.69) is 15.9 Å². The third-order valence-corrected chi connectivity index (χ3v) is 2.90. The first-order chi connectivity index (χ1) is 5.82. The Morgan fingerprint density at radius 3 is 2.46 bits per heavy atom. The normalized spacial score (nSPS) is 11.8. The van der Waals surface area contributed by atoms with Crippen molar-refractivity contribution >= 4 is 27.5 Å². The van der Waals surface area contributed by atoms with Crippen molar-refractivity contribution < 1.29 is 4.39 Å². The summed E-state index contributed by atoms with van der Waals surface area (Å²) in [5.74, 6) is -0.374. The van der Waals surface area contributed by atoms with E-state index in [1.807, 2.05) is 0 Å². The molecule has 0 aliphatic carbocycles. The molecule has 0 amide bonds. The van der Waals surface area contributed by atoms with Gasteiger partial charge in [-0.1, -0.05) is 11.6 Å². The lowest BCUT2D eigenvalue weighted by Crippen LogP contribution is -2.29. The summed E-state index contributed by atoms with van der Waals surface area (Å²) in [7, 11) is 0. The molecule has 0 fully saturated rings. The summed E-state index contributed by atoms with van der Waals surface area (Å²) >= 11 is 8.93. The van der Waals surface area contributed by atoms with Gasteiger partial charge in [-0.3, -0.25) is 0 Å². The molecule has 4 heteroatoms. The Hall–Kier alpha value is -0.120. The van der Waals surface area contributed by atoms with Crippen molar-refractivity contribution in [1.82, 2.24) is 0 Å². The van der Waals surface area contributed by atoms with Crippen LogP contribution in [0.2, 0.25) is 5.02 Å². The summed E-state index contributed by atoms with van der Waals surface area (Å²) in [5.41, 5.74) is 5.52. The van der Waals surface area contributed by atoms with Crippen LogP contribution in [0.5, 0.6) is 0 Å². The maximum Gasteiger partial charge on any atom is 0.129 e. The van der Waals surface area contributed by atoms with Crippen LogP contribution in [0, 0.1) is 5.82 Å². The Labute approximate surface area is 90.2 Å². The average molecular weight is 267 g/mol. The van der Waals surface area contributed by atoms with Crippen LogP contribution in [0.25, 0.3) is 0 Å². The summed E-state index contributed by atoms with van der Waals surface area (Å²) in [4.78, 5) is 0. The van der Waals surface area contributed by atoms with Gasteiger partial charge in [-0.25, -0.2) is 4.39 Å². The smallest absolute Gasteiger partial charge is 0.129 e. The number of nitrogens with two attached hydrogens (primary N) is 1. The van der Waals surface area contributed by atoms with Crippen molar-refractivity contribution in [1.29, 1.82) is 0 Å². The van der Waals surface area contributed by atoms with Gasteiger partial charge in [-0.15, -0.1) is 0 Å². The second-order valence-electron chi connectivity index (χ2n) is 3.47. The molecule has 0 saturated heterocycles. The van der Waals surface area contributed by atoms with Crippen molar-refractivity contribution in [3.63, 3.8) is 0 Å². The maximum absolute atomic E-state index is 13.3. The van der Waals surface area contributed by atoms with E-state index < -0.39 is 5.54 Å². The van der Waals surface area contributed by atoms with Crippen LogP contribution in [-0.4, -0.2) is 0 Å². The summed E-state index contributed by atoms with van der Waals surface area (Å²) in [6, 6.07) is 2.87. The Morgan fingerprint density at radius 1 is 1.46 bits per heavy atom. The molecule has 0 heterocycles. The summed E-state index contributed by atoms with van der Waals surface area (Å²) in [6.45, 7) is 3.48. The number of rotatable bonds is 1. The largest absolute Gasteiger partial charge is 0.322 e. The Balaban J connectivity index is 3.32. The van der Waals surface area contributed by atoms with Gasteiger partial charge in [-0.2, -0.15) is 0 Å². The van der Waals surface area contributed by atoms with Gasteiger partial charge in [0.15, 0.2) is 0 Å². The van der Waals surface area contributed by atoms with E-state index in [9.17, 15) is 4.39 Å². The van der Waals surface area contributed by atoms with E-state index in [1.165, 1.54) is 6.07 Å². The van der Waals surface area contributed by atoms with E-state index in [0.717, 1.165) is 0 Å². The molecule has 1 rings (SSSR count). The number of hydrogen-bond acceptors (Lipinski definition) is 1. The molecule has 0 atom stereocenters. The zero-order valence-corrected chi connectivity index (χ0v) is 9.71. The lowest BCUT2D eigenvalue weighted by atomic mass is 9.95. The molecule has 13 heavy (non-hydrogen) atoms. The van der Waals surface area contributed by atoms with E-state index >= 15 is 0 Å².